The first-order chi connectivity index (χ1) is 22.2. The van der Waals surface area contributed by atoms with Crippen LogP contribution in [0.1, 0.15) is 33.4 Å². The summed E-state index contributed by atoms with van der Waals surface area (Å²) in [6, 6.07) is 40.9. The van der Waals surface area contributed by atoms with Crippen LogP contribution >= 0.6 is 11.3 Å². The first kappa shape index (κ1) is 31.3. The van der Waals surface area contributed by atoms with Crippen molar-refractivity contribution in [2.24, 2.45) is 7.05 Å². The van der Waals surface area contributed by atoms with E-state index in [0.717, 1.165) is 27.3 Å². The monoisotopic (exact) mass is 622 g/mol. The number of benzene rings is 4. The summed E-state index contributed by atoms with van der Waals surface area (Å²) in [6.45, 7) is 2.08. The molecule has 0 amide bonds. The van der Waals surface area contributed by atoms with Crippen LogP contribution in [-0.2, 0) is 57.2 Å². The standard InChI is InChI=1S/C38H40NO5S/c1-39-22-23-45-38(39)37-36(43-27-32-20-12-5-13-21-32)35(42-26-31-18-10-4-11-19-31)34(41-25-30-16-8-3-9-17-30)33(44-37)28-40-24-29-14-6-2-7-15-29/h2-23,33-37H,24-28H2,1H3/q+1/t33-,34-,35+,36-,37-/m1/s1. The molecular weight excluding hydrogens is 582 g/mol. The summed E-state index contributed by atoms with van der Waals surface area (Å²) < 4.78 is 35.8. The van der Waals surface area contributed by atoms with Gasteiger partial charge in [-0.3, -0.25) is 0 Å². The van der Waals surface area contributed by atoms with Crippen molar-refractivity contribution in [3.8, 4) is 0 Å². The lowest BCUT2D eigenvalue weighted by molar-refractivity contribution is -0.679. The highest BCUT2D eigenvalue weighted by Crippen LogP contribution is 2.38. The molecule has 5 atom stereocenters. The first-order valence-electron chi connectivity index (χ1n) is 15.4. The third-order valence-electron chi connectivity index (χ3n) is 7.95. The highest BCUT2D eigenvalue weighted by Gasteiger charge is 2.51. The van der Waals surface area contributed by atoms with Crippen molar-refractivity contribution in [1.29, 1.82) is 0 Å². The van der Waals surface area contributed by atoms with Crippen LogP contribution in [0.4, 0.5) is 0 Å². The third-order valence-corrected chi connectivity index (χ3v) is 8.97. The van der Waals surface area contributed by atoms with Crippen molar-refractivity contribution in [3.05, 3.63) is 160 Å². The third kappa shape index (κ3) is 8.52. The molecule has 1 aliphatic heterocycles. The largest absolute Gasteiger partial charge is 0.374 e. The van der Waals surface area contributed by atoms with Crippen molar-refractivity contribution in [2.75, 3.05) is 6.61 Å². The van der Waals surface area contributed by atoms with E-state index in [-0.39, 0.29) is 6.10 Å². The van der Waals surface area contributed by atoms with Gasteiger partial charge in [-0.25, -0.2) is 0 Å². The van der Waals surface area contributed by atoms with Gasteiger partial charge in [0.05, 0.1) is 38.4 Å². The lowest BCUT2D eigenvalue weighted by atomic mass is 9.94. The maximum absolute atomic E-state index is 6.97. The van der Waals surface area contributed by atoms with Crippen molar-refractivity contribution in [1.82, 2.24) is 0 Å². The first-order valence-corrected chi connectivity index (χ1v) is 16.3. The van der Waals surface area contributed by atoms with Crippen LogP contribution in [-0.4, -0.2) is 31.0 Å². The van der Waals surface area contributed by atoms with Crippen LogP contribution in [0, 0.1) is 0 Å². The van der Waals surface area contributed by atoms with Gasteiger partial charge in [-0.1, -0.05) is 133 Å². The normalized spacial score (nSPS) is 21.5. The molecule has 0 bridgehead atoms. The van der Waals surface area contributed by atoms with Crippen LogP contribution in [0.5, 0.6) is 0 Å². The Labute approximate surface area is 269 Å². The Bertz CT molecular complexity index is 1550. The Morgan fingerprint density at radius 3 is 1.49 bits per heavy atom. The van der Waals surface area contributed by atoms with Crippen molar-refractivity contribution in [3.63, 3.8) is 0 Å². The van der Waals surface area contributed by atoms with E-state index in [9.17, 15) is 0 Å². The number of aryl methyl sites for hydroxylation is 1. The molecular formula is C38H40NO5S+. The van der Waals surface area contributed by atoms with E-state index in [4.69, 9.17) is 23.7 Å². The average molecular weight is 623 g/mol. The second kappa shape index (κ2) is 16.0. The van der Waals surface area contributed by atoms with Crippen LogP contribution < -0.4 is 4.57 Å². The Morgan fingerprint density at radius 1 is 0.578 bits per heavy atom. The Balaban J connectivity index is 1.33. The summed E-state index contributed by atoms with van der Waals surface area (Å²) in [6.07, 6.45) is -0.0694. The summed E-state index contributed by atoms with van der Waals surface area (Å²) in [5, 5.41) is 3.13. The Kier molecular flexibility index (Phi) is 11.2. The molecule has 0 spiro atoms. The molecule has 232 valence electrons. The zero-order chi connectivity index (χ0) is 30.7. The predicted molar refractivity (Wildman–Crippen MR) is 174 cm³/mol. The Hall–Kier alpha value is -3.69. The summed E-state index contributed by atoms with van der Waals surface area (Å²) in [4.78, 5) is 0. The zero-order valence-electron chi connectivity index (χ0n) is 25.5. The quantitative estimate of drug-likeness (QED) is 0.125. The number of thiazole rings is 1. The number of hydrogen-bond acceptors (Lipinski definition) is 6. The minimum absolute atomic E-state index is 0.344. The highest BCUT2D eigenvalue weighted by molar-refractivity contribution is 7.09. The topological polar surface area (TPSA) is 50.0 Å². The van der Waals surface area contributed by atoms with E-state index in [2.05, 4.69) is 64.7 Å². The van der Waals surface area contributed by atoms with Crippen LogP contribution in [0.3, 0.4) is 0 Å². The van der Waals surface area contributed by atoms with Crippen molar-refractivity contribution >= 4 is 11.3 Å². The molecule has 1 fully saturated rings. The fourth-order valence-electron chi connectivity index (χ4n) is 5.60. The molecule has 6 rings (SSSR count). The molecule has 0 N–H and O–H groups in total. The van der Waals surface area contributed by atoms with E-state index in [1.165, 1.54) is 0 Å². The molecule has 7 heteroatoms. The maximum atomic E-state index is 6.97. The van der Waals surface area contributed by atoms with Crippen molar-refractivity contribution in [2.45, 2.75) is 56.9 Å². The molecule has 45 heavy (non-hydrogen) atoms. The summed E-state index contributed by atoms with van der Waals surface area (Å²) in [5.74, 6) is 0. The lowest BCUT2D eigenvalue weighted by Gasteiger charge is -2.45. The molecule has 0 unspecified atom stereocenters. The number of hydrogen-bond donors (Lipinski definition) is 0. The fourth-order valence-corrected chi connectivity index (χ4v) is 6.54. The van der Waals surface area contributed by atoms with Gasteiger partial charge in [-0.05, 0) is 22.3 Å². The van der Waals surface area contributed by atoms with Gasteiger partial charge in [0, 0.05) is 0 Å². The molecule has 5 aromatic rings. The van der Waals surface area contributed by atoms with E-state index in [0.29, 0.717) is 33.0 Å². The summed E-state index contributed by atoms with van der Waals surface area (Å²) in [7, 11) is 2.04. The minimum atomic E-state index is -0.452. The molecule has 4 aromatic carbocycles. The number of rotatable bonds is 14. The van der Waals surface area contributed by atoms with Crippen LogP contribution in [0.2, 0.25) is 0 Å². The Morgan fingerprint density at radius 2 is 1.02 bits per heavy atom. The van der Waals surface area contributed by atoms with Gasteiger partial charge in [-0.2, -0.15) is 4.57 Å². The second-order valence-corrected chi connectivity index (χ2v) is 12.2. The molecule has 0 saturated carbocycles. The van der Waals surface area contributed by atoms with Gasteiger partial charge in [-0.15, -0.1) is 0 Å². The zero-order valence-corrected chi connectivity index (χ0v) is 26.3. The predicted octanol–water partition coefficient (Wildman–Crippen LogP) is 6.99. The van der Waals surface area contributed by atoms with Gasteiger partial charge >= 0.3 is 0 Å². The second-order valence-electron chi connectivity index (χ2n) is 11.2. The highest BCUT2D eigenvalue weighted by atomic mass is 32.1. The fraction of sp³-hybridized carbons (Fsp3) is 0.289. The lowest BCUT2D eigenvalue weighted by Crippen LogP contribution is -2.59. The van der Waals surface area contributed by atoms with Gasteiger partial charge in [0.2, 0.25) is 0 Å². The van der Waals surface area contributed by atoms with Crippen LogP contribution in [0.25, 0.3) is 0 Å². The summed E-state index contributed by atoms with van der Waals surface area (Å²) in [5.41, 5.74) is 4.36. The number of nitrogens with zero attached hydrogens (tertiary/aromatic N) is 1. The van der Waals surface area contributed by atoms with E-state index < -0.39 is 24.4 Å². The maximum Gasteiger partial charge on any atom is 0.269 e. The van der Waals surface area contributed by atoms with Gasteiger partial charge in [0.25, 0.3) is 5.01 Å². The smallest absolute Gasteiger partial charge is 0.269 e. The average Bonchev–Trinajstić information content (AvgIpc) is 3.53. The van der Waals surface area contributed by atoms with Gasteiger partial charge in [0.15, 0.2) is 12.3 Å². The number of ether oxygens (including phenoxy) is 5. The minimum Gasteiger partial charge on any atom is -0.374 e. The van der Waals surface area contributed by atoms with Gasteiger partial charge in [0.1, 0.15) is 31.5 Å². The van der Waals surface area contributed by atoms with E-state index >= 15 is 0 Å². The molecule has 0 radical (unpaired) electrons. The molecule has 2 heterocycles. The SMILES string of the molecule is C[n+]1ccsc1[C@@H]1O[C@H](COCc2ccccc2)[C@@H](OCc2ccccc2)[C@H](OCc2ccccc2)[C@H]1OCc1ccccc1. The number of aromatic nitrogens is 1. The van der Waals surface area contributed by atoms with E-state index in [1.807, 2.05) is 79.8 Å². The van der Waals surface area contributed by atoms with E-state index in [1.54, 1.807) is 11.3 Å². The van der Waals surface area contributed by atoms with Crippen LogP contribution in [0.15, 0.2) is 133 Å². The molecule has 1 saturated heterocycles. The molecule has 6 nitrogen and oxygen atoms in total. The molecule has 0 aliphatic carbocycles. The van der Waals surface area contributed by atoms with Gasteiger partial charge < -0.3 is 23.7 Å². The summed E-state index contributed by atoms with van der Waals surface area (Å²) >= 11 is 1.65. The molecule has 1 aromatic heterocycles. The van der Waals surface area contributed by atoms with Crippen molar-refractivity contribution < 1.29 is 28.3 Å². The molecule has 1 aliphatic rings.